The quantitative estimate of drug-likeness (QED) is 0.0658. The average Bonchev–Trinajstić information content (AvgIpc) is 3.12. The van der Waals surface area contributed by atoms with E-state index in [1.54, 1.807) is 60.7 Å². The summed E-state index contributed by atoms with van der Waals surface area (Å²) in [5.74, 6) is -6.59. The summed E-state index contributed by atoms with van der Waals surface area (Å²) in [5.41, 5.74) is 1.42. The molecule has 55 heavy (non-hydrogen) atoms. The number of nitrogens with one attached hydrogen (secondary N) is 7. The Kier molecular flexibility index (Phi) is 19.6. The van der Waals surface area contributed by atoms with Gasteiger partial charge in [-0.2, -0.15) is 0 Å². The predicted octanol–water partition coefficient (Wildman–Crippen LogP) is -0.506. The first kappa shape index (κ1) is 45.3. The van der Waals surface area contributed by atoms with E-state index in [9.17, 15) is 38.4 Å². The third kappa shape index (κ3) is 18.7. The molecular formula is C38H53N7O10. The van der Waals surface area contributed by atoms with Crippen molar-refractivity contribution < 1.29 is 48.6 Å². The van der Waals surface area contributed by atoms with Gasteiger partial charge < -0.3 is 42.1 Å². The van der Waals surface area contributed by atoms with E-state index >= 15 is 0 Å². The Balaban J connectivity index is 2.12. The number of carbonyl (C=O) groups is 8. The van der Waals surface area contributed by atoms with Gasteiger partial charge in [-0.25, -0.2) is 0 Å². The molecule has 4 atom stereocenters. The van der Waals surface area contributed by atoms with Crippen LogP contribution in [-0.2, 0) is 51.2 Å². The second kappa shape index (κ2) is 23.7. The first-order valence-corrected chi connectivity index (χ1v) is 18.0. The Morgan fingerprint density at radius 1 is 0.473 bits per heavy atom. The Morgan fingerprint density at radius 2 is 0.818 bits per heavy atom. The van der Waals surface area contributed by atoms with Gasteiger partial charge in [0, 0.05) is 12.8 Å². The third-order valence-corrected chi connectivity index (χ3v) is 7.95. The second-order valence-corrected chi connectivity index (χ2v) is 13.8. The summed E-state index contributed by atoms with van der Waals surface area (Å²) < 4.78 is 0. The van der Waals surface area contributed by atoms with E-state index in [-0.39, 0.29) is 37.5 Å². The van der Waals surface area contributed by atoms with Crippen LogP contribution in [0.2, 0.25) is 0 Å². The van der Waals surface area contributed by atoms with Crippen LogP contribution in [0.3, 0.4) is 0 Å². The van der Waals surface area contributed by atoms with Gasteiger partial charge in [0.1, 0.15) is 37.3 Å². The van der Waals surface area contributed by atoms with Crippen molar-refractivity contribution in [2.45, 2.75) is 77.5 Å². The lowest BCUT2D eigenvalue weighted by molar-refractivity contribution is -0.139. The number of hydrogen-bond donors (Lipinski definition) is 9. The highest BCUT2D eigenvalue weighted by Gasteiger charge is 2.30. The molecule has 6 amide bonds. The monoisotopic (exact) mass is 767 g/mol. The van der Waals surface area contributed by atoms with E-state index in [4.69, 9.17) is 10.2 Å². The van der Waals surface area contributed by atoms with Crippen LogP contribution in [0, 0.1) is 11.8 Å². The summed E-state index contributed by atoms with van der Waals surface area (Å²) >= 11 is 0. The second-order valence-electron chi connectivity index (χ2n) is 13.8. The highest BCUT2D eigenvalue weighted by Crippen LogP contribution is 2.10. The van der Waals surface area contributed by atoms with Crippen molar-refractivity contribution in [1.29, 1.82) is 0 Å². The first-order chi connectivity index (χ1) is 26.0. The van der Waals surface area contributed by atoms with Gasteiger partial charge in [0.2, 0.25) is 35.4 Å². The molecule has 0 aliphatic rings. The Hall–Kier alpha value is -5.84. The SMILES string of the molecule is CC(C)C[C@H](NC(=O)[C@H](Cc1ccccc1)NC(=O)CNCC(=O)N[C@@H](Cc1ccccc1)C(=O)N[C@@H](CC(C)C)C(=O)NCC(=O)O)C(=O)NCC(=O)O. The van der Waals surface area contributed by atoms with Crippen LogP contribution >= 0.6 is 0 Å². The Labute approximate surface area is 320 Å². The van der Waals surface area contributed by atoms with Crippen LogP contribution in [0.4, 0.5) is 0 Å². The van der Waals surface area contributed by atoms with Gasteiger partial charge in [-0.05, 0) is 35.8 Å². The van der Waals surface area contributed by atoms with Gasteiger partial charge in [0.05, 0.1) is 13.1 Å². The number of carboxylic acids is 2. The lowest BCUT2D eigenvalue weighted by Gasteiger charge is -2.24. The van der Waals surface area contributed by atoms with Crippen molar-refractivity contribution in [2.24, 2.45) is 11.8 Å². The minimum Gasteiger partial charge on any atom is -0.480 e. The Morgan fingerprint density at radius 3 is 1.13 bits per heavy atom. The zero-order valence-corrected chi connectivity index (χ0v) is 31.6. The maximum absolute atomic E-state index is 13.5. The van der Waals surface area contributed by atoms with Crippen molar-refractivity contribution in [1.82, 2.24) is 37.2 Å². The molecule has 0 unspecified atom stereocenters. The van der Waals surface area contributed by atoms with Gasteiger partial charge in [-0.15, -0.1) is 0 Å². The topological polar surface area (TPSA) is 261 Å². The highest BCUT2D eigenvalue weighted by atomic mass is 16.4. The number of rotatable bonds is 24. The molecule has 2 aromatic carbocycles. The van der Waals surface area contributed by atoms with E-state index in [0.29, 0.717) is 11.1 Å². The number of carboxylic acid groups (broad SMARTS) is 2. The van der Waals surface area contributed by atoms with Crippen LogP contribution < -0.4 is 37.2 Å². The number of amides is 6. The third-order valence-electron chi connectivity index (χ3n) is 7.95. The van der Waals surface area contributed by atoms with E-state index in [2.05, 4.69) is 37.2 Å². The molecule has 0 aliphatic heterocycles. The molecule has 0 aromatic heterocycles. The summed E-state index contributed by atoms with van der Waals surface area (Å²) in [5, 5.41) is 35.7. The molecule has 0 spiro atoms. The van der Waals surface area contributed by atoms with Crippen LogP contribution in [0.15, 0.2) is 60.7 Å². The molecule has 17 heteroatoms. The van der Waals surface area contributed by atoms with Crippen LogP contribution in [0.1, 0.15) is 51.7 Å². The summed E-state index contributed by atoms with van der Waals surface area (Å²) in [6.07, 6.45) is 0.540. The van der Waals surface area contributed by atoms with Crippen molar-refractivity contribution >= 4 is 47.4 Å². The van der Waals surface area contributed by atoms with E-state index in [1.807, 2.05) is 27.7 Å². The van der Waals surface area contributed by atoms with E-state index < -0.39 is 97.7 Å². The summed E-state index contributed by atoms with van der Waals surface area (Å²) in [6.45, 7) is 5.25. The molecule has 0 saturated carbocycles. The van der Waals surface area contributed by atoms with Gasteiger partial charge in [0.25, 0.3) is 0 Å². The fraction of sp³-hybridized carbons (Fsp3) is 0.474. The normalized spacial score (nSPS) is 13.1. The van der Waals surface area contributed by atoms with Crippen molar-refractivity contribution in [2.75, 3.05) is 26.2 Å². The fourth-order valence-corrected chi connectivity index (χ4v) is 5.42. The van der Waals surface area contributed by atoms with Crippen molar-refractivity contribution in [3.8, 4) is 0 Å². The molecule has 2 aromatic rings. The highest BCUT2D eigenvalue weighted by molar-refractivity contribution is 5.94. The molecule has 0 saturated heterocycles. The standard InChI is InChI=1S/C38H53N7O10/c1-23(2)15-27(35(52)40-21-33(48)49)44-37(54)29(17-25-11-7-5-8-12-25)42-31(46)19-39-20-32(47)43-30(18-26-13-9-6-10-14-26)38(55)45-28(16-24(3)4)36(53)41-22-34(50)51/h5-14,23-24,27-30,39H,15-22H2,1-4H3,(H,40,52)(H,41,53)(H,42,46)(H,43,47)(H,44,54)(H,45,55)(H,48,49)(H,50,51)/t27-,28-,29-,30-/m0/s1. The Bertz CT molecular complexity index is 1490. The minimum atomic E-state index is -1.25. The van der Waals surface area contributed by atoms with Gasteiger partial charge in [-0.3, -0.25) is 43.7 Å². The van der Waals surface area contributed by atoms with Crippen LogP contribution in [0.5, 0.6) is 0 Å². The van der Waals surface area contributed by atoms with Gasteiger partial charge in [0.15, 0.2) is 0 Å². The zero-order valence-electron chi connectivity index (χ0n) is 31.6. The molecule has 0 radical (unpaired) electrons. The summed E-state index contributed by atoms with van der Waals surface area (Å²) in [7, 11) is 0. The molecular weight excluding hydrogens is 714 g/mol. The van der Waals surface area contributed by atoms with E-state index in [0.717, 1.165) is 0 Å². The largest absolute Gasteiger partial charge is 0.480 e. The summed E-state index contributed by atoms with van der Waals surface area (Å²) in [4.78, 5) is 101. The van der Waals surface area contributed by atoms with Crippen molar-refractivity contribution in [3.63, 3.8) is 0 Å². The number of hydrogen-bond acceptors (Lipinski definition) is 9. The predicted molar refractivity (Wildman–Crippen MR) is 201 cm³/mol. The lowest BCUT2D eigenvalue weighted by atomic mass is 10.0. The summed E-state index contributed by atoms with van der Waals surface area (Å²) in [6, 6.07) is 13.2. The minimum absolute atomic E-state index is 0.0402. The number of benzene rings is 2. The molecule has 0 aliphatic carbocycles. The molecule has 0 fully saturated rings. The van der Waals surface area contributed by atoms with Gasteiger partial charge >= 0.3 is 11.9 Å². The smallest absolute Gasteiger partial charge is 0.322 e. The zero-order chi connectivity index (χ0) is 40.9. The molecule has 17 nitrogen and oxygen atoms in total. The number of aliphatic carboxylic acids is 2. The first-order valence-electron chi connectivity index (χ1n) is 18.0. The molecule has 0 heterocycles. The molecule has 0 bridgehead atoms. The van der Waals surface area contributed by atoms with Crippen LogP contribution in [-0.4, -0.2) is 108 Å². The average molecular weight is 768 g/mol. The van der Waals surface area contributed by atoms with Gasteiger partial charge in [-0.1, -0.05) is 88.4 Å². The molecule has 2 rings (SSSR count). The number of carbonyl (C=O) groups excluding carboxylic acids is 6. The fourth-order valence-electron chi connectivity index (χ4n) is 5.42. The maximum atomic E-state index is 13.5. The van der Waals surface area contributed by atoms with Crippen molar-refractivity contribution in [3.05, 3.63) is 71.8 Å². The van der Waals surface area contributed by atoms with Crippen LogP contribution in [0.25, 0.3) is 0 Å². The molecule has 300 valence electrons. The molecule has 9 N–H and O–H groups in total. The lowest BCUT2D eigenvalue weighted by Crippen LogP contribution is -2.56. The van der Waals surface area contributed by atoms with E-state index in [1.165, 1.54) is 0 Å². The maximum Gasteiger partial charge on any atom is 0.322 e.